The summed E-state index contributed by atoms with van der Waals surface area (Å²) in [5, 5.41) is 10.9. The zero-order chi connectivity index (χ0) is 15.2. The van der Waals surface area contributed by atoms with E-state index in [1.54, 1.807) is 17.0 Å². The van der Waals surface area contributed by atoms with E-state index >= 15 is 0 Å². The van der Waals surface area contributed by atoms with Crippen LogP contribution in [0.3, 0.4) is 0 Å². The van der Waals surface area contributed by atoms with E-state index in [2.05, 4.69) is 0 Å². The summed E-state index contributed by atoms with van der Waals surface area (Å²) in [5.74, 6) is -0.0690. The summed E-state index contributed by atoms with van der Waals surface area (Å²) >= 11 is 0. The molecular weight excluding hydrogens is 310 g/mol. The summed E-state index contributed by atoms with van der Waals surface area (Å²) in [6.45, 7) is 0.888. The molecule has 1 amide bonds. The van der Waals surface area contributed by atoms with Gasteiger partial charge in [-0.1, -0.05) is 12.1 Å². The molecule has 1 aliphatic rings. The van der Waals surface area contributed by atoms with Crippen molar-refractivity contribution in [2.75, 3.05) is 19.7 Å². The molecule has 0 spiro atoms. The number of nitrogens with two attached hydrogens (primary N) is 1. The Morgan fingerprint density at radius 2 is 2.14 bits per heavy atom. The van der Waals surface area contributed by atoms with Crippen LogP contribution in [-0.4, -0.2) is 41.5 Å². The van der Waals surface area contributed by atoms with Crippen LogP contribution in [0.4, 0.5) is 5.69 Å². The van der Waals surface area contributed by atoms with E-state index in [0.717, 1.165) is 19.3 Å². The number of likely N-dealkylation sites (tertiary alicyclic amines) is 1. The number of carbonyl (C=O) groups is 1. The standard InChI is InChI=1S/C14H19N3O4.ClH/c15-9-11-5-3-4-8-16(11)14(18)10-21-13-7-2-1-6-12(13)17(19)20;/h1-2,6-7,11H,3-5,8-10,15H2;1H. The molecular formula is C14H20ClN3O4. The highest BCUT2D eigenvalue weighted by atomic mass is 35.5. The van der Waals surface area contributed by atoms with Crippen molar-refractivity contribution < 1.29 is 14.5 Å². The van der Waals surface area contributed by atoms with Crippen LogP contribution < -0.4 is 10.5 Å². The summed E-state index contributed by atoms with van der Waals surface area (Å²) in [5.41, 5.74) is 5.54. The second-order valence-electron chi connectivity index (χ2n) is 4.99. The number of carbonyl (C=O) groups excluding carboxylic acids is 1. The monoisotopic (exact) mass is 329 g/mol. The molecule has 122 valence electrons. The lowest BCUT2D eigenvalue weighted by Gasteiger charge is -2.34. The molecule has 0 radical (unpaired) electrons. The van der Waals surface area contributed by atoms with Crippen molar-refractivity contribution in [3.63, 3.8) is 0 Å². The number of nitro benzene ring substituents is 1. The highest BCUT2D eigenvalue weighted by molar-refractivity contribution is 5.85. The smallest absolute Gasteiger partial charge is 0.310 e. The molecule has 8 heteroatoms. The highest BCUT2D eigenvalue weighted by Crippen LogP contribution is 2.26. The third kappa shape index (κ3) is 4.32. The third-order valence-electron chi connectivity index (χ3n) is 3.63. The molecule has 1 aromatic rings. The molecule has 0 aromatic heterocycles. The van der Waals surface area contributed by atoms with Crippen LogP contribution in [0, 0.1) is 10.1 Å². The maximum atomic E-state index is 12.2. The molecule has 1 fully saturated rings. The number of hydrogen-bond donors (Lipinski definition) is 1. The Morgan fingerprint density at radius 1 is 1.41 bits per heavy atom. The van der Waals surface area contributed by atoms with Crippen LogP contribution >= 0.6 is 12.4 Å². The first-order valence-corrected chi connectivity index (χ1v) is 6.99. The molecule has 1 aromatic carbocycles. The van der Waals surface area contributed by atoms with Crippen LogP contribution in [0.2, 0.25) is 0 Å². The number of ether oxygens (including phenoxy) is 1. The van der Waals surface area contributed by atoms with Gasteiger partial charge in [-0.3, -0.25) is 14.9 Å². The second kappa shape index (κ2) is 8.55. The van der Waals surface area contributed by atoms with E-state index in [1.165, 1.54) is 12.1 Å². The van der Waals surface area contributed by atoms with Gasteiger partial charge >= 0.3 is 5.69 Å². The summed E-state index contributed by atoms with van der Waals surface area (Å²) in [6, 6.07) is 6.07. The predicted molar refractivity (Wildman–Crippen MR) is 84.2 cm³/mol. The van der Waals surface area contributed by atoms with E-state index in [1.807, 2.05) is 0 Å². The maximum Gasteiger partial charge on any atom is 0.310 e. The van der Waals surface area contributed by atoms with Gasteiger partial charge in [0.25, 0.3) is 5.91 Å². The van der Waals surface area contributed by atoms with E-state index in [-0.39, 0.29) is 42.4 Å². The van der Waals surface area contributed by atoms with Crippen LogP contribution in [-0.2, 0) is 4.79 Å². The first kappa shape index (κ1) is 18.2. The van der Waals surface area contributed by atoms with Gasteiger partial charge in [0.1, 0.15) is 0 Å². The Bertz CT molecular complexity index is 527. The fourth-order valence-electron chi connectivity index (χ4n) is 2.53. The lowest BCUT2D eigenvalue weighted by atomic mass is 10.0. The van der Waals surface area contributed by atoms with Gasteiger partial charge in [0.05, 0.1) is 4.92 Å². The number of nitro groups is 1. The van der Waals surface area contributed by atoms with Crippen molar-refractivity contribution >= 4 is 24.0 Å². The molecule has 1 aliphatic heterocycles. The lowest BCUT2D eigenvalue weighted by Crippen LogP contribution is -2.49. The molecule has 22 heavy (non-hydrogen) atoms. The van der Waals surface area contributed by atoms with Crippen molar-refractivity contribution in [3.8, 4) is 5.75 Å². The van der Waals surface area contributed by atoms with Gasteiger partial charge < -0.3 is 15.4 Å². The number of hydrogen-bond acceptors (Lipinski definition) is 5. The third-order valence-corrected chi connectivity index (χ3v) is 3.63. The Hall–Kier alpha value is -1.86. The minimum Gasteiger partial charge on any atom is -0.477 e. The predicted octanol–water partition coefficient (Wildman–Crippen LogP) is 1.74. The molecule has 1 heterocycles. The number of rotatable bonds is 5. The maximum absolute atomic E-state index is 12.2. The lowest BCUT2D eigenvalue weighted by molar-refractivity contribution is -0.385. The number of piperidine rings is 1. The second-order valence-corrected chi connectivity index (χ2v) is 4.99. The van der Waals surface area contributed by atoms with E-state index < -0.39 is 4.92 Å². The SMILES string of the molecule is Cl.NCC1CCCCN1C(=O)COc1ccccc1[N+](=O)[O-]. The molecule has 2 N–H and O–H groups in total. The van der Waals surface area contributed by atoms with Gasteiger partial charge in [-0.15, -0.1) is 12.4 Å². The molecule has 0 saturated carbocycles. The molecule has 0 bridgehead atoms. The van der Waals surface area contributed by atoms with E-state index in [9.17, 15) is 14.9 Å². The Balaban J connectivity index is 0.00000242. The molecule has 1 unspecified atom stereocenters. The summed E-state index contributed by atoms with van der Waals surface area (Å²) in [6.07, 6.45) is 2.91. The molecule has 1 saturated heterocycles. The first-order valence-electron chi connectivity index (χ1n) is 6.99. The van der Waals surface area contributed by atoms with Gasteiger partial charge in [-0.05, 0) is 25.3 Å². The zero-order valence-corrected chi connectivity index (χ0v) is 13.0. The number of nitrogens with zero attached hydrogens (tertiary/aromatic N) is 2. The van der Waals surface area contributed by atoms with Gasteiger partial charge in [-0.2, -0.15) is 0 Å². The minimum atomic E-state index is -0.524. The van der Waals surface area contributed by atoms with Crippen LogP contribution in [0.5, 0.6) is 5.75 Å². The normalized spacial score (nSPS) is 17.5. The zero-order valence-electron chi connectivity index (χ0n) is 12.1. The van der Waals surface area contributed by atoms with Crippen molar-refractivity contribution in [2.45, 2.75) is 25.3 Å². The Morgan fingerprint density at radius 3 is 2.82 bits per heavy atom. The van der Waals surface area contributed by atoms with Gasteiger partial charge in [0.2, 0.25) is 0 Å². The van der Waals surface area contributed by atoms with Crippen molar-refractivity contribution in [1.82, 2.24) is 4.90 Å². The fraction of sp³-hybridized carbons (Fsp3) is 0.500. The summed E-state index contributed by atoms with van der Waals surface area (Å²) < 4.78 is 5.33. The summed E-state index contributed by atoms with van der Waals surface area (Å²) in [4.78, 5) is 24.3. The van der Waals surface area contributed by atoms with E-state index in [4.69, 9.17) is 10.5 Å². The summed E-state index contributed by atoms with van der Waals surface area (Å²) in [7, 11) is 0. The van der Waals surface area contributed by atoms with Crippen molar-refractivity contribution in [2.24, 2.45) is 5.73 Å². The molecule has 2 rings (SSSR count). The van der Waals surface area contributed by atoms with Gasteiger partial charge in [-0.25, -0.2) is 0 Å². The van der Waals surface area contributed by atoms with E-state index in [0.29, 0.717) is 13.1 Å². The average Bonchev–Trinajstić information content (AvgIpc) is 2.52. The van der Waals surface area contributed by atoms with Gasteiger partial charge in [0.15, 0.2) is 12.4 Å². The van der Waals surface area contributed by atoms with Crippen LogP contribution in [0.1, 0.15) is 19.3 Å². The Kier molecular flexibility index (Phi) is 7.07. The number of benzene rings is 1. The number of amides is 1. The Labute approximate surface area is 135 Å². The van der Waals surface area contributed by atoms with Gasteiger partial charge in [0, 0.05) is 25.2 Å². The molecule has 7 nitrogen and oxygen atoms in total. The minimum absolute atomic E-state index is 0. The highest BCUT2D eigenvalue weighted by Gasteiger charge is 2.26. The van der Waals surface area contributed by atoms with Crippen LogP contribution in [0.25, 0.3) is 0 Å². The number of para-hydroxylation sites is 2. The molecule has 0 aliphatic carbocycles. The first-order chi connectivity index (χ1) is 10.1. The molecule has 1 atom stereocenters. The topological polar surface area (TPSA) is 98.7 Å². The average molecular weight is 330 g/mol. The van der Waals surface area contributed by atoms with Crippen molar-refractivity contribution in [3.05, 3.63) is 34.4 Å². The number of halogens is 1. The van der Waals surface area contributed by atoms with Crippen LogP contribution in [0.15, 0.2) is 24.3 Å². The quantitative estimate of drug-likeness (QED) is 0.655. The largest absolute Gasteiger partial charge is 0.477 e. The fourth-order valence-corrected chi connectivity index (χ4v) is 2.53. The van der Waals surface area contributed by atoms with Crippen molar-refractivity contribution in [1.29, 1.82) is 0 Å².